The summed E-state index contributed by atoms with van der Waals surface area (Å²) in [6.45, 7) is 0.246. The monoisotopic (exact) mass is 232 g/mol. The minimum atomic E-state index is -1.15. The molecule has 5 nitrogen and oxygen atoms in total. The van der Waals surface area contributed by atoms with E-state index in [1.54, 1.807) is 7.85 Å². The molecule has 0 aliphatic carbocycles. The summed E-state index contributed by atoms with van der Waals surface area (Å²) in [6.07, 6.45) is -0.535. The summed E-state index contributed by atoms with van der Waals surface area (Å²) in [4.78, 5) is 0. The summed E-state index contributed by atoms with van der Waals surface area (Å²) < 4.78 is 16.0. The molecule has 2 aliphatic rings. The van der Waals surface area contributed by atoms with Gasteiger partial charge in [0, 0.05) is 13.0 Å². The summed E-state index contributed by atoms with van der Waals surface area (Å²) in [5.41, 5.74) is -0.897. The van der Waals surface area contributed by atoms with Crippen LogP contribution in [0.4, 0.5) is 0 Å². The van der Waals surface area contributed by atoms with Gasteiger partial charge in [-0.1, -0.05) is 8.86 Å². The molecule has 0 saturated carbocycles. The number of fused-ring (bicyclic) bond motifs is 1. The maximum Gasteiger partial charge on any atom is 0.203 e. The molecule has 2 unspecified atom stereocenters. The lowest BCUT2D eigenvalue weighted by Gasteiger charge is -2.34. The quantitative estimate of drug-likeness (QED) is 0.430. The van der Waals surface area contributed by atoms with E-state index < -0.39 is 11.7 Å². The zero-order valence-electron chi connectivity index (χ0n) is 8.47. The maximum atomic E-state index is 10.4. The van der Waals surface area contributed by atoms with Gasteiger partial charge in [0.15, 0.2) is 0 Å². The van der Waals surface area contributed by atoms with Crippen LogP contribution in [0.1, 0.15) is 6.42 Å². The average molecular weight is 232 g/mol. The minimum absolute atomic E-state index is 0.102. The van der Waals surface area contributed by atoms with Crippen molar-refractivity contribution in [1.82, 2.24) is 0 Å². The molecule has 4 atom stereocenters. The predicted molar refractivity (Wildman–Crippen MR) is 58.0 cm³/mol. The van der Waals surface area contributed by atoms with Crippen molar-refractivity contribution in [2.45, 2.75) is 30.2 Å². The second-order valence-corrected chi connectivity index (χ2v) is 4.33. The fraction of sp³-hybridized carbons (Fsp3) is 0.875. The molecule has 2 saturated heterocycles. The molecule has 0 radical (unpaired) electrons. The van der Waals surface area contributed by atoms with Crippen LogP contribution in [-0.2, 0) is 14.2 Å². The molecule has 0 amide bonds. The highest BCUT2D eigenvalue weighted by atomic mass is 31.0. The van der Waals surface area contributed by atoms with Gasteiger partial charge in [0.2, 0.25) is 5.67 Å². The van der Waals surface area contributed by atoms with E-state index in [2.05, 4.69) is 8.86 Å². The molecule has 0 aromatic rings. The van der Waals surface area contributed by atoms with Crippen molar-refractivity contribution in [3.63, 3.8) is 0 Å². The molecular formula is C8H14BO5P. The van der Waals surface area contributed by atoms with Crippen LogP contribution in [0.15, 0.2) is 0 Å². The van der Waals surface area contributed by atoms with Gasteiger partial charge < -0.3 is 24.4 Å². The Morgan fingerprint density at radius 2 is 2.33 bits per heavy atom. The molecule has 7 heteroatoms. The van der Waals surface area contributed by atoms with Crippen LogP contribution < -0.4 is 0 Å². The van der Waals surface area contributed by atoms with E-state index in [1.807, 2.05) is 0 Å². The Morgan fingerprint density at radius 3 is 3.00 bits per heavy atom. The Morgan fingerprint density at radius 1 is 1.60 bits per heavy atom. The minimum Gasteiger partial charge on any atom is -0.396 e. The van der Waals surface area contributed by atoms with Crippen LogP contribution in [0.3, 0.4) is 0 Å². The first kappa shape index (κ1) is 11.5. The van der Waals surface area contributed by atoms with Gasteiger partial charge in [-0.05, 0) is 0 Å². The molecule has 15 heavy (non-hydrogen) atoms. The van der Waals surface area contributed by atoms with E-state index in [0.717, 1.165) is 0 Å². The van der Waals surface area contributed by atoms with Gasteiger partial charge in [0.25, 0.3) is 0 Å². The van der Waals surface area contributed by atoms with Gasteiger partial charge in [-0.15, -0.1) is 0 Å². The molecule has 84 valence electrons. The van der Waals surface area contributed by atoms with Crippen molar-refractivity contribution in [2.75, 3.05) is 13.2 Å². The average Bonchev–Trinajstić information content (AvgIpc) is 2.42. The summed E-state index contributed by atoms with van der Waals surface area (Å²) in [6, 6.07) is -0.374. The number of aliphatic hydroxyl groups is 2. The van der Waals surface area contributed by atoms with E-state index in [9.17, 15) is 5.11 Å². The van der Waals surface area contributed by atoms with E-state index in [-0.39, 0.29) is 30.8 Å². The van der Waals surface area contributed by atoms with Gasteiger partial charge in [0.1, 0.15) is 25.7 Å². The Kier molecular flexibility index (Phi) is 3.17. The summed E-state index contributed by atoms with van der Waals surface area (Å²) >= 11 is 0. The van der Waals surface area contributed by atoms with Crippen molar-refractivity contribution < 1.29 is 24.4 Å². The standard InChI is InChI=1S/C8H14BO5P/c9-6-8(11,1-2-10)5-4(13-6)3-12-7(15)14-5/h4-6,10-11,15H,1-3,9H2/t4?,5-,6?,8+/m1/s1. The van der Waals surface area contributed by atoms with Crippen molar-refractivity contribution in [1.29, 1.82) is 0 Å². The molecule has 2 rings (SSSR count). The zero-order chi connectivity index (χ0) is 11.1. The summed E-state index contributed by atoms with van der Waals surface area (Å²) in [7, 11) is 4.91. The second kappa shape index (κ2) is 4.13. The molecule has 0 aromatic heterocycles. The summed E-state index contributed by atoms with van der Waals surface area (Å²) in [5.74, 6) is 0. The molecule has 2 N–H and O–H groups in total. The van der Waals surface area contributed by atoms with Gasteiger partial charge in [-0.3, -0.25) is 0 Å². The predicted octanol–water partition coefficient (Wildman–Crippen LogP) is -1.90. The lowest BCUT2D eigenvalue weighted by atomic mass is 9.78. The molecular weight excluding hydrogens is 218 g/mol. The topological polar surface area (TPSA) is 68.2 Å². The first-order valence-corrected chi connectivity index (χ1v) is 5.44. The Balaban J connectivity index is 2.19. The largest absolute Gasteiger partial charge is 0.396 e. The maximum absolute atomic E-state index is 10.4. The third-order valence-electron chi connectivity index (χ3n) is 3.04. The van der Waals surface area contributed by atoms with Crippen molar-refractivity contribution in [3.8, 4) is 0 Å². The molecule has 2 heterocycles. The van der Waals surface area contributed by atoms with Crippen molar-refractivity contribution in [2.24, 2.45) is 0 Å². The zero-order valence-corrected chi connectivity index (χ0v) is 9.47. The van der Waals surface area contributed by atoms with Gasteiger partial charge in [-0.2, -0.15) is 0 Å². The molecule has 0 bridgehead atoms. The SMILES string of the molecule is BC1OC2COC(=P)O[C@H]2[C@@]1(O)CCO. The second-order valence-electron chi connectivity index (χ2n) is 3.92. The van der Waals surface area contributed by atoms with Crippen LogP contribution in [0.5, 0.6) is 0 Å². The van der Waals surface area contributed by atoms with Crippen LogP contribution in [-0.4, -0.2) is 60.8 Å². The Labute approximate surface area is 91.0 Å². The molecule has 2 fully saturated rings. The third-order valence-corrected chi connectivity index (χ3v) is 3.30. The number of hydrogen-bond donors (Lipinski definition) is 2. The molecule has 2 aliphatic heterocycles. The van der Waals surface area contributed by atoms with Crippen LogP contribution in [0, 0.1) is 0 Å². The molecule has 0 spiro atoms. The third kappa shape index (κ3) is 1.86. The number of rotatable bonds is 2. The number of aliphatic hydroxyl groups excluding tert-OH is 1. The van der Waals surface area contributed by atoms with E-state index in [1.165, 1.54) is 0 Å². The van der Waals surface area contributed by atoms with Crippen LogP contribution in [0.25, 0.3) is 0 Å². The Bertz CT molecular complexity index is 276. The fourth-order valence-corrected chi connectivity index (χ4v) is 2.35. The smallest absolute Gasteiger partial charge is 0.203 e. The number of hydrogen-bond acceptors (Lipinski definition) is 5. The number of ether oxygens (including phenoxy) is 3. The fourth-order valence-electron chi connectivity index (χ4n) is 2.14. The highest BCUT2D eigenvalue weighted by molar-refractivity contribution is 7.19. The first-order chi connectivity index (χ1) is 7.08. The van der Waals surface area contributed by atoms with Gasteiger partial charge in [-0.25, -0.2) is 0 Å². The molecule has 0 aromatic carbocycles. The normalized spacial score (nSPS) is 45.5. The first-order valence-electron chi connectivity index (χ1n) is 4.94. The lowest BCUT2D eigenvalue weighted by molar-refractivity contribution is -0.0920. The lowest BCUT2D eigenvalue weighted by Crippen LogP contribution is -2.53. The van der Waals surface area contributed by atoms with Gasteiger partial charge in [0.05, 0.1) is 12.6 Å². The highest BCUT2D eigenvalue weighted by Gasteiger charge is 2.55. The summed E-state index contributed by atoms with van der Waals surface area (Å²) in [5, 5.41) is 19.3. The Hall–Kier alpha value is 0.0349. The van der Waals surface area contributed by atoms with E-state index in [0.29, 0.717) is 6.61 Å². The van der Waals surface area contributed by atoms with E-state index in [4.69, 9.17) is 19.3 Å². The van der Waals surface area contributed by atoms with Crippen molar-refractivity contribution >= 4 is 22.4 Å². The van der Waals surface area contributed by atoms with Crippen LogP contribution >= 0.6 is 8.86 Å². The van der Waals surface area contributed by atoms with Gasteiger partial charge >= 0.3 is 0 Å². The van der Waals surface area contributed by atoms with Crippen molar-refractivity contribution in [3.05, 3.63) is 0 Å². The van der Waals surface area contributed by atoms with Crippen LogP contribution in [0.2, 0.25) is 0 Å². The highest BCUT2D eigenvalue weighted by Crippen LogP contribution is 2.36. The van der Waals surface area contributed by atoms with E-state index >= 15 is 0 Å².